The van der Waals surface area contributed by atoms with Crippen molar-refractivity contribution < 1.29 is 4.79 Å². The fraction of sp³-hybridized carbons (Fsp3) is 0.200. The van der Waals surface area contributed by atoms with E-state index in [-0.39, 0.29) is 5.91 Å². The Morgan fingerprint density at radius 1 is 1.55 bits per heavy atom. The molecule has 0 aliphatic rings. The molecule has 0 fully saturated rings. The molecule has 0 radical (unpaired) electrons. The molecule has 0 aliphatic carbocycles. The van der Waals surface area contributed by atoms with E-state index in [1.807, 2.05) is 17.3 Å². The number of likely N-dealkylation sites (N-methyl/N-ethyl adjacent to an activating group) is 1. The molecule has 1 heterocycles. The Hall–Kier alpha value is -1.55. The molecule has 0 unspecified atom stereocenters. The molecular weight excluding hydrogens is 386 g/mol. The lowest BCUT2D eigenvalue weighted by Crippen LogP contribution is -2.32. The van der Waals surface area contributed by atoms with Crippen LogP contribution in [0.25, 0.3) is 0 Å². The third-order valence-corrected chi connectivity index (χ3v) is 4.57. The fourth-order valence-corrected chi connectivity index (χ4v) is 3.03. The van der Waals surface area contributed by atoms with Gasteiger partial charge in [0.25, 0.3) is 5.91 Å². The quantitative estimate of drug-likeness (QED) is 0.805. The number of nitrogens with zero attached hydrogens (tertiary/aromatic N) is 2. The van der Waals surface area contributed by atoms with Crippen molar-refractivity contribution in [2.45, 2.75) is 0 Å². The van der Waals surface area contributed by atoms with Gasteiger partial charge in [-0.3, -0.25) is 4.79 Å². The second kappa shape index (κ2) is 8.18. The zero-order chi connectivity index (χ0) is 15.9. The summed E-state index contributed by atoms with van der Waals surface area (Å²) in [6.07, 6.45) is 0. The zero-order valence-corrected chi connectivity index (χ0v) is 14.9. The molecule has 0 saturated heterocycles. The first-order valence-electron chi connectivity index (χ1n) is 6.42. The molecule has 7 heteroatoms. The van der Waals surface area contributed by atoms with E-state index < -0.39 is 0 Å². The molecule has 1 aromatic carbocycles. The highest BCUT2D eigenvalue weighted by Gasteiger charge is 2.05. The second-order valence-electron chi connectivity index (χ2n) is 4.39. The van der Waals surface area contributed by atoms with Gasteiger partial charge >= 0.3 is 0 Å². The number of aromatic nitrogens is 1. The Kier molecular flexibility index (Phi) is 6.25. The van der Waals surface area contributed by atoms with E-state index in [1.165, 1.54) is 0 Å². The highest BCUT2D eigenvalue weighted by molar-refractivity contribution is 9.10. The van der Waals surface area contributed by atoms with Crippen LogP contribution in [-0.2, 0) is 4.79 Å². The molecule has 2 aromatic rings. The van der Waals surface area contributed by atoms with Crippen molar-refractivity contribution in [3.63, 3.8) is 0 Å². The van der Waals surface area contributed by atoms with Crippen LogP contribution in [0.3, 0.4) is 0 Å². The summed E-state index contributed by atoms with van der Waals surface area (Å²) in [4.78, 5) is 17.9. The molecule has 2 rings (SSSR count). The Bertz CT molecular complexity index is 723. The summed E-state index contributed by atoms with van der Waals surface area (Å²) in [6, 6.07) is 7.08. The SMILES string of the molecule is CN(CCNC(=O)C#Cc1cccc(Cl)c1)c1nc(Br)cs1. The molecule has 0 spiro atoms. The van der Waals surface area contributed by atoms with Crippen molar-refractivity contribution in [2.75, 3.05) is 25.0 Å². The number of benzene rings is 1. The minimum absolute atomic E-state index is 0.311. The summed E-state index contributed by atoms with van der Waals surface area (Å²) in [5.74, 6) is 5.02. The Morgan fingerprint density at radius 3 is 3.05 bits per heavy atom. The molecule has 4 nitrogen and oxygen atoms in total. The van der Waals surface area contributed by atoms with Gasteiger partial charge in [0.2, 0.25) is 0 Å². The first kappa shape index (κ1) is 16.8. The summed E-state index contributed by atoms with van der Waals surface area (Å²) in [6.45, 7) is 1.15. The van der Waals surface area contributed by atoms with Crippen LogP contribution in [-0.4, -0.2) is 31.0 Å². The predicted octanol–water partition coefficient (Wildman–Crippen LogP) is 3.16. The van der Waals surface area contributed by atoms with Gasteiger partial charge in [0.05, 0.1) is 0 Å². The van der Waals surface area contributed by atoms with E-state index in [0.717, 1.165) is 9.73 Å². The van der Waals surface area contributed by atoms with Gasteiger partial charge in [-0.05, 0) is 34.1 Å². The number of hydrogen-bond acceptors (Lipinski definition) is 4. The number of nitrogens with one attached hydrogen (secondary N) is 1. The van der Waals surface area contributed by atoms with Crippen LogP contribution in [0.2, 0.25) is 5.02 Å². The number of carbonyl (C=O) groups excluding carboxylic acids is 1. The third-order valence-electron chi connectivity index (χ3n) is 2.67. The van der Waals surface area contributed by atoms with Gasteiger partial charge in [0.15, 0.2) is 5.13 Å². The van der Waals surface area contributed by atoms with Crippen LogP contribution in [0.4, 0.5) is 5.13 Å². The van der Waals surface area contributed by atoms with Crippen LogP contribution < -0.4 is 10.2 Å². The summed E-state index contributed by atoms with van der Waals surface area (Å²) in [5.41, 5.74) is 0.715. The molecule has 0 atom stereocenters. The van der Waals surface area contributed by atoms with E-state index in [2.05, 4.69) is 38.1 Å². The van der Waals surface area contributed by atoms with Crippen LogP contribution in [0, 0.1) is 11.8 Å². The van der Waals surface area contributed by atoms with E-state index in [9.17, 15) is 4.79 Å². The number of thiazole rings is 1. The number of hydrogen-bond donors (Lipinski definition) is 1. The minimum Gasteiger partial charge on any atom is -0.349 e. The first-order chi connectivity index (χ1) is 10.5. The molecule has 0 bridgehead atoms. The maximum absolute atomic E-state index is 11.7. The van der Waals surface area contributed by atoms with Crippen molar-refractivity contribution in [3.05, 3.63) is 44.8 Å². The smallest absolute Gasteiger partial charge is 0.296 e. The minimum atomic E-state index is -0.311. The van der Waals surface area contributed by atoms with Crippen molar-refractivity contribution in [3.8, 4) is 11.8 Å². The largest absolute Gasteiger partial charge is 0.349 e. The maximum atomic E-state index is 11.7. The van der Waals surface area contributed by atoms with E-state index >= 15 is 0 Å². The van der Waals surface area contributed by atoms with Crippen molar-refractivity contribution >= 4 is 49.9 Å². The number of amides is 1. The molecule has 0 aliphatic heterocycles. The average molecular weight is 399 g/mol. The monoisotopic (exact) mass is 397 g/mol. The van der Waals surface area contributed by atoms with E-state index in [1.54, 1.807) is 35.6 Å². The van der Waals surface area contributed by atoms with E-state index in [0.29, 0.717) is 23.7 Å². The Balaban J connectivity index is 1.79. The Labute approximate surface area is 146 Å². The van der Waals surface area contributed by atoms with Gasteiger partial charge in [-0.15, -0.1) is 11.3 Å². The van der Waals surface area contributed by atoms with Crippen molar-refractivity contribution in [2.24, 2.45) is 0 Å². The summed E-state index contributed by atoms with van der Waals surface area (Å²) >= 11 is 10.7. The first-order valence-corrected chi connectivity index (χ1v) is 8.47. The maximum Gasteiger partial charge on any atom is 0.296 e. The van der Waals surface area contributed by atoms with Gasteiger partial charge < -0.3 is 10.2 Å². The highest BCUT2D eigenvalue weighted by atomic mass is 79.9. The van der Waals surface area contributed by atoms with Gasteiger partial charge in [0.1, 0.15) is 4.60 Å². The van der Waals surface area contributed by atoms with Gasteiger partial charge in [0, 0.05) is 42.0 Å². The lowest BCUT2D eigenvalue weighted by atomic mass is 10.2. The fourth-order valence-electron chi connectivity index (χ4n) is 1.59. The molecule has 22 heavy (non-hydrogen) atoms. The molecule has 1 N–H and O–H groups in total. The Morgan fingerprint density at radius 2 is 2.36 bits per heavy atom. The van der Waals surface area contributed by atoms with Crippen molar-refractivity contribution in [1.82, 2.24) is 10.3 Å². The van der Waals surface area contributed by atoms with Crippen LogP contribution in [0.5, 0.6) is 0 Å². The van der Waals surface area contributed by atoms with Crippen molar-refractivity contribution in [1.29, 1.82) is 0 Å². The second-order valence-corrected chi connectivity index (χ2v) is 6.48. The number of carbonyl (C=O) groups is 1. The molecule has 114 valence electrons. The zero-order valence-electron chi connectivity index (χ0n) is 11.8. The van der Waals surface area contributed by atoms with Crippen LogP contribution >= 0.6 is 38.9 Å². The third kappa shape index (κ3) is 5.34. The van der Waals surface area contributed by atoms with Gasteiger partial charge in [-0.2, -0.15) is 0 Å². The molecule has 1 amide bonds. The normalized spacial score (nSPS) is 9.77. The topological polar surface area (TPSA) is 45.2 Å². The van der Waals surface area contributed by atoms with Crippen LogP contribution in [0.15, 0.2) is 34.2 Å². The summed E-state index contributed by atoms with van der Waals surface area (Å²) in [7, 11) is 1.93. The number of rotatable bonds is 4. The predicted molar refractivity (Wildman–Crippen MR) is 94.4 cm³/mol. The summed E-state index contributed by atoms with van der Waals surface area (Å²) in [5, 5.41) is 6.17. The molecule has 1 aromatic heterocycles. The summed E-state index contributed by atoms with van der Waals surface area (Å²) < 4.78 is 0.816. The lowest BCUT2D eigenvalue weighted by molar-refractivity contribution is -0.115. The van der Waals surface area contributed by atoms with Gasteiger partial charge in [-0.1, -0.05) is 23.6 Å². The van der Waals surface area contributed by atoms with Gasteiger partial charge in [-0.25, -0.2) is 4.98 Å². The molecular formula is C15H13BrClN3OS. The highest BCUT2D eigenvalue weighted by Crippen LogP contribution is 2.21. The number of halogens is 2. The lowest BCUT2D eigenvalue weighted by Gasteiger charge is -2.15. The average Bonchev–Trinajstić information content (AvgIpc) is 2.92. The standard InChI is InChI=1S/C15H13BrClN3OS/c1-20(15-19-13(16)10-22-15)8-7-18-14(21)6-5-11-3-2-4-12(17)9-11/h2-4,9-10H,7-8H2,1H3,(H,18,21). The van der Waals surface area contributed by atoms with Crippen LogP contribution in [0.1, 0.15) is 5.56 Å². The number of anilines is 1. The molecule has 0 saturated carbocycles. The van der Waals surface area contributed by atoms with E-state index in [4.69, 9.17) is 11.6 Å².